The van der Waals surface area contributed by atoms with Crippen LogP contribution in [0.15, 0.2) is 18.2 Å². The minimum absolute atomic E-state index is 0.0363. The van der Waals surface area contributed by atoms with E-state index < -0.39 is 18.1 Å². The smallest absolute Gasteiger partial charge is 0.496 e. The number of aliphatic carboxylic acids is 1. The Kier molecular flexibility index (Phi) is 3.82. The highest BCUT2D eigenvalue weighted by Gasteiger charge is 2.31. The van der Waals surface area contributed by atoms with E-state index in [-0.39, 0.29) is 17.7 Å². The van der Waals surface area contributed by atoms with Crippen molar-refractivity contribution in [3.05, 3.63) is 23.8 Å². The molecule has 17 heavy (non-hydrogen) atoms. The van der Waals surface area contributed by atoms with E-state index in [0.717, 1.165) is 12.1 Å². The average Bonchev–Trinajstić information content (AvgIpc) is 2.17. The maximum absolute atomic E-state index is 11.9. The second-order valence-corrected chi connectivity index (χ2v) is 3.09. The van der Waals surface area contributed by atoms with Crippen molar-refractivity contribution in [3.8, 4) is 11.5 Å². The molecule has 0 fully saturated rings. The fourth-order valence-corrected chi connectivity index (χ4v) is 1.23. The van der Waals surface area contributed by atoms with E-state index in [1.807, 2.05) is 0 Å². The first-order chi connectivity index (χ1) is 7.81. The molecule has 0 aliphatic heterocycles. The predicted octanol–water partition coefficient (Wildman–Crippen LogP) is 2.22. The molecule has 1 aromatic carbocycles. The summed E-state index contributed by atoms with van der Waals surface area (Å²) in [5.74, 6) is -1.52. The molecular formula is C10H9F3O4. The van der Waals surface area contributed by atoms with E-state index in [1.54, 1.807) is 0 Å². The van der Waals surface area contributed by atoms with Gasteiger partial charge >= 0.3 is 12.3 Å². The first-order valence-electron chi connectivity index (χ1n) is 4.46. The molecule has 0 aromatic heterocycles. The van der Waals surface area contributed by atoms with Gasteiger partial charge in [0, 0.05) is 11.6 Å². The molecule has 0 saturated carbocycles. The third-order valence-corrected chi connectivity index (χ3v) is 1.83. The van der Waals surface area contributed by atoms with Gasteiger partial charge in [0.05, 0.1) is 13.5 Å². The maximum atomic E-state index is 11.9. The van der Waals surface area contributed by atoms with Crippen molar-refractivity contribution >= 4 is 5.97 Å². The standard InChI is InChI=1S/C10H9F3O4/c1-16-8-5-7(17-10(11,12)13)3-2-6(8)4-9(14)15/h2-3,5H,4H2,1H3,(H,14,15). The largest absolute Gasteiger partial charge is 0.573 e. The molecule has 0 heterocycles. The minimum Gasteiger partial charge on any atom is -0.496 e. The van der Waals surface area contributed by atoms with Crippen LogP contribution in [0.4, 0.5) is 13.2 Å². The van der Waals surface area contributed by atoms with Gasteiger partial charge in [-0.25, -0.2) is 0 Å². The van der Waals surface area contributed by atoms with Gasteiger partial charge in [0.1, 0.15) is 11.5 Å². The van der Waals surface area contributed by atoms with Crippen LogP contribution in [0.1, 0.15) is 5.56 Å². The van der Waals surface area contributed by atoms with E-state index in [9.17, 15) is 18.0 Å². The number of carbonyl (C=O) groups is 1. The molecule has 1 aromatic rings. The van der Waals surface area contributed by atoms with Crippen LogP contribution in [0.2, 0.25) is 0 Å². The number of carboxylic acids is 1. The molecule has 4 nitrogen and oxygen atoms in total. The minimum atomic E-state index is -4.79. The van der Waals surface area contributed by atoms with Gasteiger partial charge in [-0.2, -0.15) is 0 Å². The normalized spacial score (nSPS) is 11.1. The summed E-state index contributed by atoms with van der Waals surface area (Å²) in [6, 6.07) is 3.24. The molecule has 0 bridgehead atoms. The number of hydrogen-bond donors (Lipinski definition) is 1. The van der Waals surface area contributed by atoms with Crippen LogP contribution in [-0.2, 0) is 11.2 Å². The van der Waals surface area contributed by atoms with Gasteiger partial charge < -0.3 is 14.6 Å². The summed E-state index contributed by atoms with van der Waals surface area (Å²) >= 11 is 0. The van der Waals surface area contributed by atoms with Crippen molar-refractivity contribution in [3.63, 3.8) is 0 Å². The lowest BCUT2D eigenvalue weighted by molar-refractivity contribution is -0.274. The molecule has 1 rings (SSSR count). The Morgan fingerprint density at radius 2 is 2.06 bits per heavy atom. The summed E-state index contributed by atoms with van der Waals surface area (Å²) in [5.41, 5.74) is 0.273. The molecular weight excluding hydrogens is 241 g/mol. The topological polar surface area (TPSA) is 55.8 Å². The van der Waals surface area contributed by atoms with E-state index in [2.05, 4.69) is 4.74 Å². The fourth-order valence-electron chi connectivity index (χ4n) is 1.23. The van der Waals surface area contributed by atoms with Gasteiger partial charge in [-0.3, -0.25) is 4.79 Å². The van der Waals surface area contributed by atoms with E-state index in [0.29, 0.717) is 0 Å². The zero-order valence-corrected chi connectivity index (χ0v) is 8.75. The quantitative estimate of drug-likeness (QED) is 0.890. The predicted molar refractivity (Wildman–Crippen MR) is 51.0 cm³/mol. The van der Waals surface area contributed by atoms with Gasteiger partial charge in [-0.05, 0) is 6.07 Å². The number of rotatable bonds is 4. The zero-order valence-electron chi connectivity index (χ0n) is 8.75. The van der Waals surface area contributed by atoms with Crippen LogP contribution in [0.3, 0.4) is 0 Å². The molecule has 0 atom stereocenters. The highest BCUT2D eigenvalue weighted by Crippen LogP contribution is 2.29. The highest BCUT2D eigenvalue weighted by molar-refractivity contribution is 5.71. The summed E-state index contributed by atoms with van der Waals surface area (Å²) < 4.78 is 44.3. The summed E-state index contributed by atoms with van der Waals surface area (Å²) in [7, 11) is 1.23. The second-order valence-electron chi connectivity index (χ2n) is 3.09. The third kappa shape index (κ3) is 4.21. The van der Waals surface area contributed by atoms with Crippen LogP contribution in [0.5, 0.6) is 11.5 Å². The van der Waals surface area contributed by atoms with Crippen molar-refractivity contribution in [2.75, 3.05) is 7.11 Å². The van der Waals surface area contributed by atoms with Gasteiger partial charge in [-0.15, -0.1) is 13.2 Å². The molecule has 7 heteroatoms. The first-order valence-corrected chi connectivity index (χ1v) is 4.46. The summed E-state index contributed by atoms with van der Waals surface area (Å²) in [6.45, 7) is 0. The molecule has 0 unspecified atom stereocenters. The molecule has 0 amide bonds. The molecule has 1 N–H and O–H groups in total. The Balaban J connectivity index is 2.96. The van der Waals surface area contributed by atoms with Crippen LogP contribution < -0.4 is 9.47 Å². The van der Waals surface area contributed by atoms with Crippen molar-refractivity contribution in [2.24, 2.45) is 0 Å². The molecule has 0 aliphatic carbocycles. The number of halogens is 3. The maximum Gasteiger partial charge on any atom is 0.573 e. The number of ether oxygens (including phenoxy) is 2. The Morgan fingerprint density at radius 3 is 2.53 bits per heavy atom. The number of carboxylic acid groups (broad SMARTS) is 1. The van der Waals surface area contributed by atoms with Gasteiger partial charge in [0.25, 0.3) is 0 Å². The first kappa shape index (κ1) is 13.1. The van der Waals surface area contributed by atoms with Gasteiger partial charge in [-0.1, -0.05) is 6.07 Å². The third-order valence-electron chi connectivity index (χ3n) is 1.83. The van der Waals surface area contributed by atoms with E-state index in [4.69, 9.17) is 9.84 Å². The van der Waals surface area contributed by atoms with Crippen molar-refractivity contribution in [1.29, 1.82) is 0 Å². The summed E-state index contributed by atoms with van der Waals surface area (Å²) in [5, 5.41) is 8.58. The molecule has 94 valence electrons. The highest BCUT2D eigenvalue weighted by atomic mass is 19.4. The number of hydrogen-bond acceptors (Lipinski definition) is 3. The lowest BCUT2D eigenvalue weighted by atomic mass is 10.1. The van der Waals surface area contributed by atoms with Crippen molar-refractivity contribution < 1.29 is 32.5 Å². The lowest BCUT2D eigenvalue weighted by Crippen LogP contribution is -2.17. The Hall–Kier alpha value is -1.92. The van der Waals surface area contributed by atoms with Gasteiger partial charge in [0.15, 0.2) is 0 Å². The molecule has 0 aliphatic rings. The van der Waals surface area contributed by atoms with Crippen LogP contribution in [0, 0.1) is 0 Å². The number of methoxy groups -OCH3 is 1. The molecule has 0 spiro atoms. The Morgan fingerprint density at radius 1 is 1.41 bits per heavy atom. The number of alkyl halides is 3. The van der Waals surface area contributed by atoms with Crippen LogP contribution in [-0.4, -0.2) is 24.5 Å². The van der Waals surface area contributed by atoms with E-state index in [1.165, 1.54) is 13.2 Å². The second kappa shape index (κ2) is 4.94. The van der Waals surface area contributed by atoms with E-state index >= 15 is 0 Å². The Bertz CT molecular complexity index is 415. The summed E-state index contributed by atoms with van der Waals surface area (Å²) in [4.78, 5) is 10.5. The van der Waals surface area contributed by atoms with Crippen LogP contribution >= 0.6 is 0 Å². The fraction of sp³-hybridized carbons (Fsp3) is 0.300. The molecule has 0 saturated heterocycles. The van der Waals surface area contributed by atoms with Crippen molar-refractivity contribution in [1.82, 2.24) is 0 Å². The number of benzene rings is 1. The Labute approximate surface area is 94.6 Å². The molecule has 0 radical (unpaired) electrons. The zero-order chi connectivity index (χ0) is 13.1. The average molecular weight is 250 g/mol. The SMILES string of the molecule is COc1cc(OC(F)(F)F)ccc1CC(=O)O. The van der Waals surface area contributed by atoms with Gasteiger partial charge in [0.2, 0.25) is 0 Å². The monoisotopic (exact) mass is 250 g/mol. The summed E-state index contributed by atoms with van der Waals surface area (Å²) in [6.07, 6.45) is -5.13. The van der Waals surface area contributed by atoms with Crippen molar-refractivity contribution in [2.45, 2.75) is 12.8 Å². The van der Waals surface area contributed by atoms with Crippen LogP contribution in [0.25, 0.3) is 0 Å². The lowest BCUT2D eigenvalue weighted by Gasteiger charge is -2.12.